The van der Waals surface area contributed by atoms with Gasteiger partial charge in [-0.1, -0.05) is 6.07 Å². The molecule has 2 aliphatic carbocycles. The van der Waals surface area contributed by atoms with Crippen molar-refractivity contribution in [2.45, 2.75) is 58.2 Å². The highest BCUT2D eigenvalue weighted by Gasteiger charge is 2.55. The summed E-state index contributed by atoms with van der Waals surface area (Å²) in [5, 5.41) is 19.2. The normalized spacial score (nSPS) is 20.1. The zero-order valence-electron chi connectivity index (χ0n) is 21.0. The first kappa shape index (κ1) is 24.7. The second kappa shape index (κ2) is 9.79. The molecule has 190 valence electrons. The summed E-state index contributed by atoms with van der Waals surface area (Å²) in [6, 6.07) is 10.7. The quantitative estimate of drug-likeness (QED) is 0.389. The van der Waals surface area contributed by atoms with E-state index < -0.39 is 5.60 Å². The van der Waals surface area contributed by atoms with Crippen LogP contribution < -0.4 is 9.47 Å². The lowest BCUT2D eigenvalue weighted by atomic mass is 10.0. The fourth-order valence-corrected chi connectivity index (χ4v) is 5.34. The number of hydrogen-bond acceptors (Lipinski definition) is 6. The van der Waals surface area contributed by atoms with Gasteiger partial charge in [-0.3, -0.25) is 0 Å². The summed E-state index contributed by atoms with van der Waals surface area (Å²) >= 11 is 0. The molecule has 2 aromatic heterocycles. The van der Waals surface area contributed by atoms with Gasteiger partial charge in [0, 0.05) is 41.8 Å². The van der Waals surface area contributed by atoms with Crippen LogP contribution in [0.15, 0.2) is 42.6 Å². The summed E-state index contributed by atoms with van der Waals surface area (Å²) < 4.78 is 26.2. The van der Waals surface area contributed by atoms with E-state index >= 15 is 0 Å². The molecule has 36 heavy (non-hydrogen) atoms. The molecule has 0 amide bonds. The Balaban J connectivity index is 1.23. The molecular formula is C29H33FN2O4. The number of aromatic nitrogens is 2. The second-order valence-corrected chi connectivity index (χ2v) is 10.6. The molecule has 3 atom stereocenters. The summed E-state index contributed by atoms with van der Waals surface area (Å²) in [6.07, 6.45) is 4.17. The average Bonchev–Trinajstić information content (AvgIpc) is 3.40. The van der Waals surface area contributed by atoms with Gasteiger partial charge in [-0.25, -0.2) is 14.4 Å². The minimum Gasteiger partial charge on any atom is -0.478 e. The Morgan fingerprint density at radius 2 is 1.94 bits per heavy atom. The van der Waals surface area contributed by atoms with Crippen LogP contribution >= 0.6 is 0 Å². The van der Waals surface area contributed by atoms with Crippen molar-refractivity contribution in [3.05, 3.63) is 70.8 Å². The highest BCUT2D eigenvalue weighted by molar-refractivity contribution is 5.67. The predicted molar refractivity (Wildman–Crippen MR) is 134 cm³/mol. The van der Waals surface area contributed by atoms with Crippen LogP contribution in [-0.4, -0.2) is 39.0 Å². The standard InChI is InChI=1S/C29H33FN2O4/c1-17-21(6-8-26(32-17)35-10-4-9-29(2,3)34)18-5-7-25(30)20(11-18)16-36-27-13-19-12-22-24(15-33)28(22)23(19)14-31-27/h5-8,11,13-14,22,24,28,33-34H,4,9-10,12,15-16H2,1-3H3/t22?,24-,28?/m0/s1. The average molecular weight is 493 g/mol. The molecule has 6 nitrogen and oxygen atoms in total. The number of aliphatic hydroxyl groups is 2. The Morgan fingerprint density at radius 1 is 1.11 bits per heavy atom. The summed E-state index contributed by atoms with van der Waals surface area (Å²) in [4.78, 5) is 8.97. The molecule has 0 aliphatic heterocycles. The van der Waals surface area contributed by atoms with Gasteiger partial charge in [-0.05, 0) is 92.7 Å². The van der Waals surface area contributed by atoms with E-state index in [1.165, 1.54) is 17.2 Å². The van der Waals surface area contributed by atoms with Crippen LogP contribution in [0.2, 0.25) is 0 Å². The van der Waals surface area contributed by atoms with Crippen LogP contribution in [0.3, 0.4) is 0 Å². The third kappa shape index (κ3) is 5.22. The van der Waals surface area contributed by atoms with E-state index in [1.807, 2.05) is 31.3 Å². The Bertz CT molecular complexity index is 1260. The summed E-state index contributed by atoms with van der Waals surface area (Å²) in [5.74, 6) is 2.02. The van der Waals surface area contributed by atoms with Gasteiger partial charge in [0.05, 0.1) is 12.2 Å². The Kier molecular flexibility index (Phi) is 6.70. The highest BCUT2D eigenvalue weighted by atomic mass is 19.1. The fraction of sp³-hybridized carbons (Fsp3) is 0.448. The molecule has 0 spiro atoms. The van der Waals surface area contributed by atoms with Crippen LogP contribution in [0.5, 0.6) is 11.8 Å². The van der Waals surface area contributed by atoms with E-state index in [1.54, 1.807) is 26.0 Å². The molecule has 1 fully saturated rings. The van der Waals surface area contributed by atoms with Crippen molar-refractivity contribution in [2.75, 3.05) is 13.2 Å². The highest BCUT2D eigenvalue weighted by Crippen LogP contribution is 2.61. The maximum absolute atomic E-state index is 14.6. The van der Waals surface area contributed by atoms with Crippen LogP contribution in [0.4, 0.5) is 4.39 Å². The largest absolute Gasteiger partial charge is 0.478 e. The first-order chi connectivity index (χ1) is 17.2. The van der Waals surface area contributed by atoms with E-state index in [9.17, 15) is 14.6 Å². The van der Waals surface area contributed by atoms with Crippen molar-refractivity contribution >= 4 is 0 Å². The van der Waals surface area contributed by atoms with Gasteiger partial charge in [0.25, 0.3) is 0 Å². The lowest BCUT2D eigenvalue weighted by Crippen LogP contribution is -2.19. The molecule has 0 radical (unpaired) electrons. The summed E-state index contributed by atoms with van der Waals surface area (Å²) in [6.45, 7) is 6.25. The van der Waals surface area contributed by atoms with Gasteiger partial charge < -0.3 is 19.7 Å². The van der Waals surface area contributed by atoms with E-state index in [-0.39, 0.29) is 19.0 Å². The molecule has 5 rings (SSSR count). The Hall–Kier alpha value is -3.03. The topological polar surface area (TPSA) is 84.7 Å². The van der Waals surface area contributed by atoms with Gasteiger partial charge in [0.1, 0.15) is 12.4 Å². The molecule has 0 bridgehead atoms. The van der Waals surface area contributed by atoms with Gasteiger partial charge in [0.2, 0.25) is 11.8 Å². The Labute approximate surface area is 211 Å². The number of pyridine rings is 2. The van der Waals surface area contributed by atoms with Gasteiger partial charge >= 0.3 is 0 Å². The van der Waals surface area contributed by atoms with E-state index in [4.69, 9.17) is 9.47 Å². The van der Waals surface area contributed by atoms with Gasteiger partial charge in [0.15, 0.2) is 0 Å². The fourth-order valence-electron chi connectivity index (χ4n) is 5.34. The van der Waals surface area contributed by atoms with Crippen molar-refractivity contribution in [3.63, 3.8) is 0 Å². The molecule has 1 aromatic carbocycles. The van der Waals surface area contributed by atoms with Crippen molar-refractivity contribution in [2.24, 2.45) is 11.8 Å². The maximum atomic E-state index is 14.6. The van der Waals surface area contributed by atoms with E-state index in [0.29, 0.717) is 48.1 Å². The first-order valence-corrected chi connectivity index (χ1v) is 12.6. The lowest BCUT2D eigenvalue weighted by molar-refractivity contribution is 0.0639. The minimum atomic E-state index is -0.707. The zero-order chi connectivity index (χ0) is 25.4. The maximum Gasteiger partial charge on any atom is 0.213 e. The molecule has 7 heteroatoms. The van der Waals surface area contributed by atoms with Gasteiger partial charge in [-0.15, -0.1) is 0 Å². The Morgan fingerprint density at radius 3 is 2.69 bits per heavy atom. The van der Waals surface area contributed by atoms with Crippen molar-refractivity contribution in [1.82, 2.24) is 9.97 Å². The SMILES string of the molecule is Cc1nc(OCCCC(C)(C)O)ccc1-c1ccc(F)c(COc2cc3c(cn2)C2C(C3)[C@@H]2CO)c1. The number of aryl methyl sites for hydroxylation is 1. The smallest absolute Gasteiger partial charge is 0.213 e. The molecule has 2 aliphatic rings. The van der Waals surface area contributed by atoms with E-state index in [0.717, 1.165) is 29.7 Å². The number of benzene rings is 1. The number of ether oxygens (including phenoxy) is 2. The van der Waals surface area contributed by atoms with Crippen LogP contribution in [0, 0.1) is 24.6 Å². The molecule has 1 saturated carbocycles. The molecular weight excluding hydrogens is 459 g/mol. The predicted octanol–water partition coefficient (Wildman–Crippen LogP) is 4.98. The molecule has 2 heterocycles. The number of fused-ring (bicyclic) bond motifs is 3. The molecule has 2 unspecified atom stereocenters. The minimum absolute atomic E-state index is 0.0759. The monoisotopic (exact) mass is 492 g/mol. The zero-order valence-corrected chi connectivity index (χ0v) is 21.0. The first-order valence-electron chi connectivity index (χ1n) is 12.6. The van der Waals surface area contributed by atoms with E-state index in [2.05, 4.69) is 9.97 Å². The van der Waals surface area contributed by atoms with Crippen LogP contribution in [-0.2, 0) is 13.0 Å². The van der Waals surface area contributed by atoms with Gasteiger partial charge in [-0.2, -0.15) is 0 Å². The van der Waals surface area contributed by atoms with Crippen LogP contribution in [0.1, 0.15) is 55.0 Å². The number of hydrogen-bond donors (Lipinski definition) is 2. The van der Waals surface area contributed by atoms with Crippen molar-refractivity contribution in [1.29, 1.82) is 0 Å². The van der Waals surface area contributed by atoms with Crippen molar-refractivity contribution < 1.29 is 24.1 Å². The van der Waals surface area contributed by atoms with Crippen LogP contribution in [0.25, 0.3) is 11.1 Å². The number of aliphatic hydroxyl groups excluding tert-OH is 1. The molecule has 0 saturated heterocycles. The van der Waals surface area contributed by atoms with Crippen molar-refractivity contribution in [3.8, 4) is 22.9 Å². The lowest BCUT2D eigenvalue weighted by Gasteiger charge is -2.16. The summed E-state index contributed by atoms with van der Waals surface area (Å²) in [5.41, 5.74) is 4.71. The number of halogens is 1. The third-order valence-electron chi connectivity index (χ3n) is 7.33. The number of nitrogens with zero attached hydrogens (tertiary/aromatic N) is 2. The third-order valence-corrected chi connectivity index (χ3v) is 7.33. The molecule has 2 N–H and O–H groups in total. The second-order valence-electron chi connectivity index (χ2n) is 10.6. The number of rotatable bonds is 10. The summed E-state index contributed by atoms with van der Waals surface area (Å²) in [7, 11) is 0. The molecule has 3 aromatic rings.